The van der Waals surface area contributed by atoms with Crippen molar-refractivity contribution in [3.8, 4) is 11.3 Å². The molecule has 1 heterocycles. The van der Waals surface area contributed by atoms with E-state index in [2.05, 4.69) is 82.6 Å². The highest BCUT2D eigenvalue weighted by Crippen LogP contribution is 2.34. The van der Waals surface area contributed by atoms with Gasteiger partial charge in [0.2, 0.25) is 5.69 Å². The summed E-state index contributed by atoms with van der Waals surface area (Å²) in [6.45, 7) is 15.0. The van der Waals surface area contributed by atoms with E-state index in [1.165, 1.54) is 44.4 Å². The van der Waals surface area contributed by atoms with Crippen molar-refractivity contribution in [3.05, 3.63) is 64.3 Å². The monoisotopic (exact) mass is 361 g/mol. The predicted molar refractivity (Wildman–Crippen MR) is 118 cm³/mol. The number of hydrogen-bond donors (Lipinski definition) is 0. The van der Waals surface area contributed by atoms with Gasteiger partial charge in [-0.05, 0) is 71.9 Å². The molecule has 0 saturated carbocycles. The summed E-state index contributed by atoms with van der Waals surface area (Å²) in [5.74, 6) is -0.0478. The van der Waals surface area contributed by atoms with Crippen molar-refractivity contribution in [1.82, 2.24) is 0 Å². The van der Waals surface area contributed by atoms with Crippen LogP contribution in [-0.4, -0.2) is 0 Å². The summed E-state index contributed by atoms with van der Waals surface area (Å²) >= 11 is 0. The van der Waals surface area contributed by atoms with E-state index in [0.29, 0.717) is 5.92 Å². The minimum absolute atomic E-state index is 0.568. The number of rotatable bonds is 4. The van der Waals surface area contributed by atoms with Crippen LogP contribution in [0.1, 0.15) is 75.2 Å². The zero-order valence-corrected chi connectivity index (χ0v) is 18.2. The summed E-state index contributed by atoms with van der Waals surface area (Å²) in [5, 5.41) is 2.58. The third-order valence-electron chi connectivity index (χ3n) is 6.24. The van der Waals surface area contributed by atoms with E-state index in [1.807, 2.05) is 13.8 Å². The molecule has 0 spiro atoms. The quantitative estimate of drug-likeness (QED) is 0.445. The van der Waals surface area contributed by atoms with Crippen molar-refractivity contribution >= 4 is 10.8 Å². The lowest BCUT2D eigenvalue weighted by atomic mass is 9.89. The molecule has 0 saturated heterocycles. The highest BCUT2D eigenvalue weighted by Gasteiger charge is 2.22. The summed E-state index contributed by atoms with van der Waals surface area (Å²) < 4.78 is 10.8. The van der Waals surface area contributed by atoms with Crippen molar-refractivity contribution in [2.24, 2.45) is 7.05 Å². The number of aromatic nitrogens is 1. The van der Waals surface area contributed by atoms with Gasteiger partial charge in [0.15, 0.2) is 5.69 Å². The van der Waals surface area contributed by atoms with Crippen LogP contribution in [-0.2, 0) is 7.05 Å². The number of pyridine rings is 1. The predicted octanol–water partition coefficient (Wildman–Crippen LogP) is 6.89. The molecule has 0 aliphatic rings. The maximum Gasteiger partial charge on any atom is 0.220 e. The zero-order chi connectivity index (χ0) is 20.8. The van der Waals surface area contributed by atoms with Crippen molar-refractivity contribution in [2.45, 2.75) is 66.7 Å². The van der Waals surface area contributed by atoms with Crippen LogP contribution >= 0.6 is 0 Å². The normalized spacial score (nSPS) is 13.7. The first kappa shape index (κ1) is 18.2. The Labute approximate surface area is 166 Å². The molecule has 3 aromatic rings. The third-order valence-corrected chi connectivity index (χ3v) is 6.24. The maximum atomic E-state index is 8.55. The molecule has 0 bridgehead atoms. The standard InChI is InChI=1S/C26H34N/c1-9-17(4)21-10-11-24-23(14-21)13-19(6)27(8)26(24)25-15-22(16(2)3)12-18(5)20(25)7/h10-17H,9H2,1-8H3/q+1/i16D. The third kappa shape index (κ3) is 3.52. The molecule has 2 aromatic carbocycles. The first-order chi connectivity index (χ1) is 13.0. The van der Waals surface area contributed by atoms with Crippen LogP contribution in [0.4, 0.5) is 0 Å². The van der Waals surface area contributed by atoms with Crippen LogP contribution in [0.2, 0.25) is 0 Å². The fraction of sp³-hybridized carbons (Fsp3) is 0.423. The Kier molecular flexibility index (Phi) is 5.04. The molecule has 1 heteroatoms. The number of hydrogen-bond acceptors (Lipinski definition) is 0. The van der Waals surface area contributed by atoms with Gasteiger partial charge in [-0.3, -0.25) is 0 Å². The van der Waals surface area contributed by atoms with Crippen LogP contribution in [0.3, 0.4) is 0 Å². The van der Waals surface area contributed by atoms with Gasteiger partial charge in [0.25, 0.3) is 0 Å². The molecule has 3 rings (SSSR count). The van der Waals surface area contributed by atoms with Crippen LogP contribution in [0.15, 0.2) is 36.4 Å². The van der Waals surface area contributed by atoms with Gasteiger partial charge in [-0.15, -0.1) is 0 Å². The fourth-order valence-electron chi connectivity index (χ4n) is 3.86. The first-order valence-electron chi connectivity index (χ1n) is 10.6. The smallest absolute Gasteiger partial charge is 0.198 e. The molecule has 0 aliphatic heterocycles. The topological polar surface area (TPSA) is 3.88 Å². The summed E-state index contributed by atoms with van der Waals surface area (Å²) in [7, 11) is 2.15. The van der Waals surface area contributed by atoms with E-state index >= 15 is 0 Å². The lowest BCUT2D eigenvalue weighted by Gasteiger charge is -2.16. The average molecular weight is 362 g/mol. The Morgan fingerprint density at radius 1 is 0.963 bits per heavy atom. The fourth-order valence-corrected chi connectivity index (χ4v) is 3.86. The van der Waals surface area contributed by atoms with E-state index in [1.54, 1.807) is 0 Å². The second-order valence-corrected chi connectivity index (χ2v) is 8.32. The molecule has 0 amide bonds. The molecule has 142 valence electrons. The molecule has 0 aliphatic carbocycles. The second-order valence-electron chi connectivity index (χ2n) is 8.32. The van der Waals surface area contributed by atoms with Crippen molar-refractivity contribution in [1.29, 1.82) is 0 Å². The van der Waals surface area contributed by atoms with Gasteiger partial charge in [-0.25, -0.2) is 0 Å². The van der Waals surface area contributed by atoms with E-state index in [9.17, 15) is 0 Å². The van der Waals surface area contributed by atoms with Crippen molar-refractivity contribution < 1.29 is 5.94 Å². The van der Waals surface area contributed by atoms with Crippen LogP contribution in [0, 0.1) is 20.8 Å². The van der Waals surface area contributed by atoms with Gasteiger partial charge in [-0.2, -0.15) is 4.57 Å². The maximum absolute atomic E-state index is 8.55. The highest BCUT2D eigenvalue weighted by molar-refractivity contribution is 5.94. The van der Waals surface area contributed by atoms with E-state index in [4.69, 9.17) is 1.37 Å². The summed E-state index contributed by atoms with van der Waals surface area (Å²) in [5.41, 5.74) is 8.75. The van der Waals surface area contributed by atoms with Crippen LogP contribution < -0.4 is 4.57 Å². The van der Waals surface area contributed by atoms with Crippen molar-refractivity contribution in [2.75, 3.05) is 0 Å². The minimum atomic E-state index is -0.616. The number of nitrogens with zero attached hydrogens (tertiary/aromatic N) is 1. The Balaban J connectivity index is 2.37. The Morgan fingerprint density at radius 2 is 1.67 bits per heavy atom. The van der Waals surface area contributed by atoms with Gasteiger partial charge >= 0.3 is 0 Å². The molecule has 27 heavy (non-hydrogen) atoms. The van der Waals surface area contributed by atoms with E-state index in [0.717, 1.165) is 12.0 Å². The van der Waals surface area contributed by atoms with Gasteiger partial charge in [0.1, 0.15) is 7.05 Å². The summed E-state index contributed by atoms with van der Waals surface area (Å²) in [6.07, 6.45) is 1.15. The van der Waals surface area contributed by atoms with Gasteiger partial charge in [0, 0.05) is 14.4 Å². The molecular formula is C26H34N+. The van der Waals surface area contributed by atoms with Crippen LogP contribution in [0.25, 0.3) is 22.0 Å². The lowest BCUT2D eigenvalue weighted by Crippen LogP contribution is -2.35. The SMILES string of the molecule is [2H]C(C)(C)c1cc(C)c(C)c(-c2c3ccc(C(C)CC)cc3cc(C)[n+]2C)c1. The molecule has 1 aromatic heterocycles. The van der Waals surface area contributed by atoms with E-state index in [-0.39, 0.29) is 0 Å². The summed E-state index contributed by atoms with van der Waals surface area (Å²) in [4.78, 5) is 0. The highest BCUT2D eigenvalue weighted by atomic mass is 14.9. The largest absolute Gasteiger partial charge is 0.220 e. The van der Waals surface area contributed by atoms with Gasteiger partial charge < -0.3 is 0 Å². The molecular weight excluding hydrogens is 326 g/mol. The number of benzene rings is 2. The van der Waals surface area contributed by atoms with Crippen LogP contribution in [0.5, 0.6) is 0 Å². The molecule has 1 unspecified atom stereocenters. The Bertz CT molecular complexity index is 1040. The zero-order valence-electron chi connectivity index (χ0n) is 19.2. The van der Waals surface area contributed by atoms with Gasteiger partial charge in [0.05, 0.1) is 10.9 Å². The number of aryl methyl sites for hydroxylation is 2. The summed E-state index contributed by atoms with van der Waals surface area (Å²) in [6, 6.07) is 13.6. The molecule has 1 atom stereocenters. The molecule has 1 nitrogen and oxygen atoms in total. The van der Waals surface area contributed by atoms with Crippen molar-refractivity contribution in [3.63, 3.8) is 0 Å². The minimum Gasteiger partial charge on any atom is -0.198 e. The Hall–Kier alpha value is -2.15. The van der Waals surface area contributed by atoms with Gasteiger partial charge in [-0.1, -0.05) is 45.9 Å². The second kappa shape index (κ2) is 7.46. The van der Waals surface area contributed by atoms with E-state index < -0.39 is 5.89 Å². The lowest BCUT2D eigenvalue weighted by molar-refractivity contribution is -0.665. The molecule has 0 fully saturated rings. The molecule has 0 radical (unpaired) electrons. The molecule has 0 N–H and O–H groups in total. The number of fused-ring (bicyclic) bond motifs is 1. The average Bonchev–Trinajstić information content (AvgIpc) is 2.63. The first-order valence-corrected chi connectivity index (χ1v) is 10.1. The Morgan fingerprint density at radius 3 is 2.30 bits per heavy atom.